The van der Waals surface area contributed by atoms with E-state index in [9.17, 15) is 18.0 Å². The first-order valence-corrected chi connectivity index (χ1v) is 9.30. The molecule has 1 fully saturated rings. The highest BCUT2D eigenvalue weighted by atomic mass is 32.2. The van der Waals surface area contributed by atoms with Crippen molar-refractivity contribution in [2.45, 2.75) is 11.3 Å². The van der Waals surface area contributed by atoms with Crippen molar-refractivity contribution in [2.24, 2.45) is 5.92 Å². The van der Waals surface area contributed by atoms with Crippen molar-refractivity contribution >= 4 is 27.5 Å². The van der Waals surface area contributed by atoms with E-state index in [0.717, 1.165) is 4.31 Å². The number of methoxy groups -OCH3 is 1. The third-order valence-electron chi connectivity index (χ3n) is 4.05. The number of likely N-dealkylation sites (tertiary alicyclic amines) is 1. The molecule has 1 atom stereocenters. The second-order valence-corrected chi connectivity index (χ2v) is 8.19. The van der Waals surface area contributed by atoms with Crippen LogP contribution in [-0.2, 0) is 24.3 Å². The van der Waals surface area contributed by atoms with Crippen molar-refractivity contribution in [3.63, 3.8) is 0 Å². The molecule has 9 heteroatoms. The smallest absolute Gasteiger partial charge is 0.242 e. The number of anilines is 1. The zero-order valence-electron chi connectivity index (χ0n) is 14.6. The molecule has 1 aromatic rings. The average molecular weight is 369 g/mol. The van der Waals surface area contributed by atoms with E-state index in [1.54, 1.807) is 12.0 Å². The van der Waals surface area contributed by atoms with E-state index in [2.05, 4.69) is 5.32 Å². The van der Waals surface area contributed by atoms with Gasteiger partial charge in [0.1, 0.15) is 0 Å². The van der Waals surface area contributed by atoms with Gasteiger partial charge in [-0.1, -0.05) is 0 Å². The van der Waals surface area contributed by atoms with Crippen LogP contribution in [-0.4, -0.2) is 70.3 Å². The molecule has 8 nitrogen and oxygen atoms in total. The molecule has 0 spiro atoms. The molecule has 1 aliphatic rings. The Labute approximate surface area is 147 Å². The molecule has 0 bridgehead atoms. The Balaban J connectivity index is 1.99. The van der Waals surface area contributed by atoms with E-state index in [1.165, 1.54) is 38.4 Å². The van der Waals surface area contributed by atoms with Crippen LogP contribution in [0.1, 0.15) is 6.42 Å². The van der Waals surface area contributed by atoms with Gasteiger partial charge in [0.25, 0.3) is 0 Å². The van der Waals surface area contributed by atoms with Crippen molar-refractivity contribution in [3.05, 3.63) is 24.3 Å². The van der Waals surface area contributed by atoms with Gasteiger partial charge in [0.15, 0.2) is 0 Å². The van der Waals surface area contributed by atoms with Crippen LogP contribution in [0, 0.1) is 5.92 Å². The number of nitrogens with one attached hydrogen (secondary N) is 1. The molecule has 1 saturated heterocycles. The summed E-state index contributed by atoms with van der Waals surface area (Å²) in [4.78, 5) is 26.0. The molecule has 0 aliphatic carbocycles. The van der Waals surface area contributed by atoms with Crippen LogP contribution < -0.4 is 5.32 Å². The number of hydrogen-bond donors (Lipinski definition) is 1. The Bertz CT molecular complexity index is 731. The first kappa shape index (κ1) is 19.4. The van der Waals surface area contributed by atoms with E-state index in [0.29, 0.717) is 25.4 Å². The van der Waals surface area contributed by atoms with Crippen LogP contribution in [0.4, 0.5) is 5.69 Å². The summed E-state index contributed by atoms with van der Waals surface area (Å²) in [5.74, 6) is -0.740. The van der Waals surface area contributed by atoms with Gasteiger partial charge in [-0.15, -0.1) is 0 Å². The summed E-state index contributed by atoms with van der Waals surface area (Å²) in [6.07, 6.45) is 0.169. The predicted molar refractivity (Wildman–Crippen MR) is 92.5 cm³/mol. The number of sulfonamides is 1. The fraction of sp³-hybridized carbons (Fsp3) is 0.500. The van der Waals surface area contributed by atoms with Crippen LogP contribution in [0.2, 0.25) is 0 Å². The lowest BCUT2D eigenvalue weighted by Gasteiger charge is -2.16. The summed E-state index contributed by atoms with van der Waals surface area (Å²) in [5, 5.41) is 2.73. The van der Waals surface area contributed by atoms with Gasteiger partial charge < -0.3 is 15.0 Å². The molecule has 0 radical (unpaired) electrons. The maximum atomic E-state index is 12.3. The van der Waals surface area contributed by atoms with Gasteiger partial charge in [0.05, 0.1) is 17.4 Å². The Kier molecular flexibility index (Phi) is 6.15. The van der Waals surface area contributed by atoms with Crippen LogP contribution in [0.25, 0.3) is 0 Å². The van der Waals surface area contributed by atoms with Crippen molar-refractivity contribution < 1.29 is 22.7 Å². The second-order valence-electron chi connectivity index (χ2n) is 6.03. The molecule has 1 N–H and O–H groups in total. The molecular weight excluding hydrogens is 346 g/mol. The van der Waals surface area contributed by atoms with Crippen molar-refractivity contribution in [1.82, 2.24) is 9.21 Å². The van der Waals surface area contributed by atoms with Gasteiger partial charge in [-0.3, -0.25) is 9.59 Å². The number of amides is 2. The molecule has 1 heterocycles. The normalized spacial score (nSPS) is 18.0. The largest absolute Gasteiger partial charge is 0.383 e. The third-order valence-corrected chi connectivity index (χ3v) is 5.88. The fourth-order valence-corrected chi connectivity index (χ4v) is 3.43. The molecule has 2 rings (SSSR count). The highest BCUT2D eigenvalue weighted by Gasteiger charge is 2.34. The maximum Gasteiger partial charge on any atom is 0.242 e. The summed E-state index contributed by atoms with van der Waals surface area (Å²) < 4.78 is 30.1. The van der Waals surface area contributed by atoms with Crippen LogP contribution in [0.3, 0.4) is 0 Å². The zero-order chi connectivity index (χ0) is 18.6. The number of ether oxygens (including phenoxy) is 1. The summed E-state index contributed by atoms with van der Waals surface area (Å²) in [5.41, 5.74) is 0.491. The maximum absolute atomic E-state index is 12.3. The van der Waals surface area contributed by atoms with E-state index in [4.69, 9.17) is 4.74 Å². The van der Waals surface area contributed by atoms with Crippen molar-refractivity contribution in [2.75, 3.05) is 46.2 Å². The van der Waals surface area contributed by atoms with E-state index >= 15 is 0 Å². The standard InChI is InChI=1S/C16H23N3O5S/c1-18(2)25(22,23)14-6-4-13(5-7-14)17-16(21)12-10-15(20)19(11-12)8-9-24-3/h4-7,12H,8-11H2,1-3H3,(H,17,21). The Hall–Kier alpha value is -1.97. The first-order chi connectivity index (χ1) is 11.8. The monoisotopic (exact) mass is 369 g/mol. The van der Waals surface area contributed by atoms with Crippen LogP contribution >= 0.6 is 0 Å². The van der Waals surface area contributed by atoms with Gasteiger partial charge >= 0.3 is 0 Å². The number of benzene rings is 1. The fourth-order valence-electron chi connectivity index (χ4n) is 2.53. The van der Waals surface area contributed by atoms with E-state index in [-0.39, 0.29) is 23.1 Å². The topological polar surface area (TPSA) is 96.0 Å². The minimum atomic E-state index is -3.50. The lowest BCUT2D eigenvalue weighted by atomic mass is 10.1. The molecule has 25 heavy (non-hydrogen) atoms. The van der Waals surface area contributed by atoms with Gasteiger partial charge in [-0.2, -0.15) is 0 Å². The summed E-state index contributed by atoms with van der Waals surface area (Å²) in [6.45, 7) is 1.26. The Morgan fingerprint density at radius 1 is 1.32 bits per heavy atom. The van der Waals surface area contributed by atoms with Gasteiger partial charge in [-0.25, -0.2) is 12.7 Å². The van der Waals surface area contributed by atoms with Crippen molar-refractivity contribution in [3.8, 4) is 0 Å². The van der Waals surface area contributed by atoms with Crippen LogP contribution in [0.15, 0.2) is 29.2 Å². The Morgan fingerprint density at radius 2 is 1.96 bits per heavy atom. The third kappa shape index (κ3) is 4.56. The molecule has 0 aromatic heterocycles. The number of hydrogen-bond acceptors (Lipinski definition) is 5. The molecule has 1 aliphatic heterocycles. The van der Waals surface area contributed by atoms with Gasteiger partial charge in [0.2, 0.25) is 21.8 Å². The minimum Gasteiger partial charge on any atom is -0.383 e. The quantitative estimate of drug-likeness (QED) is 0.749. The number of rotatable bonds is 7. The Morgan fingerprint density at radius 3 is 2.52 bits per heavy atom. The number of carbonyl (C=O) groups excluding carboxylic acids is 2. The second kappa shape index (κ2) is 7.94. The molecule has 1 unspecified atom stereocenters. The highest BCUT2D eigenvalue weighted by Crippen LogP contribution is 2.21. The average Bonchev–Trinajstić information content (AvgIpc) is 2.94. The summed E-state index contributed by atoms with van der Waals surface area (Å²) in [7, 11) is 0.968. The van der Waals surface area contributed by atoms with Gasteiger partial charge in [-0.05, 0) is 24.3 Å². The SMILES string of the molecule is COCCN1CC(C(=O)Nc2ccc(S(=O)(=O)N(C)C)cc2)CC1=O. The molecule has 0 saturated carbocycles. The minimum absolute atomic E-state index is 0.0652. The molecular formula is C16H23N3O5S. The summed E-state index contributed by atoms with van der Waals surface area (Å²) >= 11 is 0. The predicted octanol–water partition coefficient (Wildman–Crippen LogP) is 0.370. The molecule has 138 valence electrons. The van der Waals surface area contributed by atoms with E-state index in [1.807, 2.05) is 0 Å². The molecule has 1 aromatic carbocycles. The zero-order valence-corrected chi connectivity index (χ0v) is 15.4. The lowest BCUT2D eigenvalue weighted by molar-refractivity contribution is -0.128. The number of carbonyl (C=O) groups is 2. The van der Waals surface area contributed by atoms with Crippen LogP contribution in [0.5, 0.6) is 0 Å². The van der Waals surface area contributed by atoms with Crippen molar-refractivity contribution in [1.29, 1.82) is 0 Å². The van der Waals surface area contributed by atoms with E-state index < -0.39 is 15.9 Å². The van der Waals surface area contributed by atoms with Gasteiger partial charge in [0, 0.05) is 46.4 Å². The number of nitrogens with zero attached hydrogens (tertiary/aromatic N) is 2. The molecule has 2 amide bonds. The highest BCUT2D eigenvalue weighted by molar-refractivity contribution is 7.89. The first-order valence-electron chi connectivity index (χ1n) is 7.86. The lowest BCUT2D eigenvalue weighted by Crippen LogP contribution is -2.30. The summed E-state index contributed by atoms with van der Waals surface area (Å²) in [6, 6.07) is 5.95.